The first kappa shape index (κ1) is 13.2. The van der Waals surface area contributed by atoms with Crippen molar-refractivity contribution in [3.63, 3.8) is 0 Å². The third kappa shape index (κ3) is 3.19. The number of H-pyrrole nitrogens is 1. The molecule has 2 aromatic rings. The highest BCUT2D eigenvalue weighted by molar-refractivity contribution is 7.71. The second kappa shape index (κ2) is 5.65. The fourth-order valence-corrected chi connectivity index (χ4v) is 2.67. The third-order valence-electron chi connectivity index (χ3n) is 3.46. The summed E-state index contributed by atoms with van der Waals surface area (Å²) in [5.74, 6) is 0.828. The number of nitrogens with zero attached hydrogens (tertiary/aromatic N) is 1. The van der Waals surface area contributed by atoms with Gasteiger partial charge >= 0.3 is 0 Å². The minimum Gasteiger partial charge on any atom is -0.381 e. The number of aromatic amines is 1. The second-order valence-electron chi connectivity index (χ2n) is 5.12. The molecule has 1 aliphatic carbocycles. The lowest BCUT2D eigenvalue weighted by Crippen LogP contribution is -2.04. The second-order valence-corrected chi connectivity index (χ2v) is 5.94. The zero-order valence-electron chi connectivity index (χ0n) is 10.7. The van der Waals surface area contributed by atoms with Gasteiger partial charge in [-0.2, -0.15) is 0 Å². The van der Waals surface area contributed by atoms with E-state index in [-0.39, 0.29) is 0 Å². The summed E-state index contributed by atoms with van der Waals surface area (Å²) in [6.45, 7) is 2.58. The van der Waals surface area contributed by atoms with Gasteiger partial charge in [0.15, 0.2) is 4.77 Å². The predicted octanol–water partition coefficient (Wildman–Crippen LogP) is 4.17. The van der Waals surface area contributed by atoms with Crippen LogP contribution in [0.1, 0.15) is 19.3 Å². The molecule has 0 spiro atoms. The number of hydrogen-bond acceptors (Lipinski definition) is 2. The molecule has 0 aliphatic heterocycles. The van der Waals surface area contributed by atoms with E-state index < -0.39 is 0 Å². The molecule has 3 nitrogen and oxygen atoms in total. The minimum atomic E-state index is 0.736. The van der Waals surface area contributed by atoms with Gasteiger partial charge in [0.25, 0.3) is 0 Å². The molecule has 0 unspecified atom stereocenters. The van der Waals surface area contributed by atoms with E-state index in [9.17, 15) is 0 Å². The van der Waals surface area contributed by atoms with E-state index in [1.807, 2.05) is 18.2 Å². The van der Waals surface area contributed by atoms with Crippen molar-refractivity contribution in [3.8, 4) is 0 Å². The first-order chi connectivity index (χ1) is 9.24. The Balaban J connectivity index is 1.64. The topological polar surface area (TPSA) is 29.9 Å². The summed E-state index contributed by atoms with van der Waals surface area (Å²) in [5, 5.41) is 0.736. The van der Waals surface area contributed by atoms with Crippen LogP contribution < -0.4 is 0 Å². The Kier molecular flexibility index (Phi) is 3.91. The molecule has 1 aromatic carbocycles. The summed E-state index contributed by atoms with van der Waals surface area (Å²) in [5.41, 5.74) is 2.10. The van der Waals surface area contributed by atoms with Gasteiger partial charge in [-0.25, -0.2) is 0 Å². The summed E-state index contributed by atoms with van der Waals surface area (Å²) in [6.07, 6.45) is 3.65. The van der Waals surface area contributed by atoms with Gasteiger partial charge in [0.2, 0.25) is 0 Å². The standard InChI is InChI=1S/C14H17ClN2OS/c15-11-4-5-12-13(8-11)17(14(19)16-12)6-1-7-18-9-10-2-3-10/h4-5,8,10H,1-3,6-7,9H2,(H,16,19). The number of fused-ring (bicyclic) bond motifs is 1. The Labute approximate surface area is 122 Å². The number of imidazole rings is 1. The van der Waals surface area contributed by atoms with Gasteiger partial charge in [-0.1, -0.05) is 11.6 Å². The van der Waals surface area contributed by atoms with Crippen LogP contribution in [0.15, 0.2) is 18.2 Å². The van der Waals surface area contributed by atoms with Gasteiger partial charge in [-0.05, 0) is 55.6 Å². The SMILES string of the molecule is S=c1[nH]c2ccc(Cl)cc2n1CCCOCC1CC1. The first-order valence-electron chi connectivity index (χ1n) is 6.70. The summed E-state index contributed by atoms with van der Waals surface area (Å²) in [4.78, 5) is 3.20. The van der Waals surface area contributed by atoms with Crippen LogP contribution in [0, 0.1) is 10.7 Å². The molecule has 19 heavy (non-hydrogen) atoms. The third-order valence-corrected chi connectivity index (χ3v) is 4.02. The molecule has 5 heteroatoms. The lowest BCUT2D eigenvalue weighted by Gasteiger charge is -2.06. The monoisotopic (exact) mass is 296 g/mol. The molecule has 1 N–H and O–H groups in total. The Morgan fingerprint density at radius 3 is 3.05 bits per heavy atom. The van der Waals surface area contributed by atoms with Gasteiger partial charge in [0, 0.05) is 24.8 Å². The molecule has 1 aliphatic rings. The summed E-state index contributed by atoms with van der Waals surface area (Å²) in [6, 6.07) is 5.79. The Bertz CT molecular complexity index is 630. The lowest BCUT2D eigenvalue weighted by atomic mass is 10.3. The largest absolute Gasteiger partial charge is 0.381 e. The highest BCUT2D eigenvalue weighted by Crippen LogP contribution is 2.28. The number of aryl methyl sites for hydroxylation is 1. The van der Waals surface area contributed by atoms with Crippen molar-refractivity contribution in [2.24, 2.45) is 5.92 Å². The fourth-order valence-electron chi connectivity index (χ4n) is 2.21. The highest BCUT2D eigenvalue weighted by Gasteiger charge is 2.20. The predicted molar refractivity (Wildman–Crippen MR) is 80.3 cm³/mol. The van der Waals surface area contributed by atoms with Gasteiger partial charge in [-0.3, -0.25) is 0 Å². The Morgan fingerprint density at radius 2 is 2.26 bits per heavy atom. The average Bonchev–Trinajstić information content (AvgIpc) is 3.15. The van der Waals surface area contributed by atoms with Crippen LogP contribution >= 0.6 is 23.8 Å². The first-order valence-corrected chi connectivity index (χ1v) is 7.48. The Morgan fingerprint density at radius 1 is 1.42 bits per heavy atom. The maximum Gasteiger partial charge on any atom is 0.178 e. The van der Waals surface area contributed by atoms with Gasteiger partial charge in [-0.15, -0.1) is 0 Å². The van der Waals surface area contributed by atoms with Crippen LogP contribution in [0.3, 0.4) is 0 Å². The molecule has 102 valence electrons. The van der Waals surface area contributed by atoms with Crippen molar-refractivity contribution in [3.05, 3.63) is 28.0 Å². The van der Waals surface area contributed by atoms with E-state index in [0.717, 1.165) is 52.9 Å². The molecular formula is C14H17ClN2OS. The van der Waals surface area contributed by atoms with Crippen molar-refractivity contribution in [2.45, 2.75) is 25.8 Å². The zero-order chi connectivity index (χ0) is 13.2. The quantitative estimate of drug-likeness (QED) is 0.640. The molecule has 0 atom stereocenters. The average molecular weight is 297 g/mol. The zero-order valence-corrected chi connectivity index (χ0v) is 12.3. The maximum absolute atomic E-state index is 6.04. The maximum atomic E-state index is 6.04. The van der Waals surface area contributed by atoms with E-state index in [0.29, 0.717) is 0 Å². The van der Waals surface area contributed by atoms with Crippen LogP contribution in [-0.4, -0.2) is 22.8 Å². The molecule has 1 saturated carbocycles. The summed E-state index contributed by atoms with van der Waals surface area (Å²) >= 11 is 11.4. The van der Waals surface area contributed by atoms with Crippen LogP contribution in [0.2, 0.25) is 5.02 Å². The van der Waals surface area contributed by atoms with E-state index in [2.05, 4.69) is 9.55 Å². The Hall–Kier alpha value is -0.840. The number of nitrogens with one attached hydrogen (secondary N) is 1. The van der Waals surface area contributed by atoms with Crippen LogP contribution in [0.5, 0.6) is 0 Å². The smallest absolute Gasteiger partial charge is 0.178 e. The normalized spacial score (nSPS) is 15.2. The van der Waals surface area contributed by atoms with Crippen molar-refractivity contribution in [1.29, 1.82) is 0 Å². The van der Waals surface area contributed by atoms with E-state index >= 15 is 0 Å². The van der Waals surface area contributed by atoms with Crippen molar-refractivity contribution < 1.29 is 4.74 Å². The molecule has 1 heterocycles. The number of hydrogen-bond donors (Lipinski definition) is 1. The van der Waals surface area contributed by atoms with Crippen molar-refractivity contribution >= 4 is 34.9 Å². The van der Waals surface area contributed by atoms with Crippen LogP contribution in [0.4, 0.5) is 0 Å². The molecule has 0 bridgehead atoms. The van der Waals surface area contributed by atoms with Gasteiger partial charge in [0.1, 0.15) is 0 Å². The van der Waals surface area contributed by atoms with E-state index in [4.69, 9.17) is 28.6 Å². The summed E-state index contributed by atoms with van der Waals surface area (Å²) in [7, 11) is 0. The fraction of sp³-hybridized carbons (Fsp3) is 0.500. The molecule has 0 amide bonds. The number of rotatable bonds is 6. The summed E-state index contributed by atoms with van der Waals surface area (Å²) < 4.78 is 8.49. The molecule has 1 aromatic heterocycles. The van der Waals surface area contributed by atoms with Gasteiger partial charge in [0.05, 0.1) is 11.0 Å². The number of ether oxygens (including phenoxy) is 1. The lowest BCUT2D eigenvalue weighted by molar-refractivity contribution is 0.119. The van der Waals surface area contributed by atoms with E-state index in [1.165, 1.54) is 12.8 Å². The van der Waals surface area contributed by atoms with Crippen LogP contribution in [-0.2, 0) is 11.3 Å². The number of halogens is 1. The minimum absolute atomic E-state index is 0.736. The molecule has 1 fully saturated rings. The number of aromatic nitrogens is 2. The van der Waals surface area contributed by atoms with E-state index in [1.54, 1.807) is 0 Å². The van der Waals surface area contributed by atoms with Crippen LogP contribution in [0.25, 0.3) is 11.0 Å². The molecule has 0 saturated heterocycles. The number of benzene rings is 1. The van der Waals surface area contributed by atoms with Gasteiger partial charge < -0.3 is 14.3 Å². The highest BCUT2D eigenvalue weighted by atomic mass is 35.5. The van der Waals surface area contributed by atoms with Crippen molar-refractivity contribution in [1.82, 2.24) is 9.55 Å². The van der Waals surface area contributed by atoms with Crippen molar-refractivity contribution in [2.75, 3.05) is 13.2 Å². The molecule has 0 radical (unpaired) electrons. The molecular weight excluding hydrogens is 280 g/mol. The molecule has 3 rings (SSSR count).